The Morgan fingerprint density at radius 3 is 2.83 bits per heavy atom. The van der Waals surface area contributed by atoms with Crippen LogP contribution in [0, 0.1) is 6.92 Å². The predicted octanol–water partition coefficient (Wildman–Crippen LogP) is 2.50. The summed E-state index contributed by atoms with van der Waals surface area (Å²) in [7, 11) is 0. The molecular formula is C14H17N3O. The zero-order valence-electron chi connectivity index (χ0n) is 10.6. The summed E-state index contributed by atoms with van der Waals surface area (Å²) in [5.74, 6) is 0.968. The molecule has 0 aliphatic carbocycles. The van der Waals surface area contributed by atoms with Crippen LogP contribution >= 0.6 is 0 Å². The zero-order chi connectivity index (χ0) is 12.5. The van der Waals surface area contributed by atoms with E-state index in [4.69, 9.17) is 0 Å². The van der Waals surface area contributed by atoms with Crippen molar-refractivity contribution in [2.24, 2.45) is 0 Å². The number of benzene rings is 1. The van der Waals surface area contributed by atoms with E-state index in [1.54, 1.807) is 0 Å². The van der Waals surface area contributed by atoms with E-state index in [9.17, 15) is 4.79 Å². The predicted molar refractivity (Wildman–Crippen MR) is 70.6 cm³/mol. The van der Waals surface area contributed by atoms with Crippen molar-refractivity contribution in [3.8, 4) is 0 Å². The van der Waals surface area contributed by atoms with Crippen LogP contribution in [0.25, 0.3) is 11.0 Å². The molecule has 0 atom stereocenters. The third kappa shape index (κ3) is 1.88. The van der Waals surface area contributed by atoms with Crippen LogP contribution in [-0.4, -0.2) is 33.9 Å². The van der Waals surface area contributed by atoms with Crippen molar-refractivity contribution in [1.29, 1.82) is 0 Å². The van der Waals surface area contributed by atoms with Crippen molar-refractivity contribution in [3.63, 3.8) is 0 Å². The van der Waals surface area contributed by atoms with Crippen molar-refractivity contribution < 1.29 is 4.79 Å². The second-order valence-electron chi connectivity index (χ2n) is 4.88. The summed E-state index contributed by atoms with van der Waals surface area (Å²) >= 11 is 0. The molecule has 0 saturated carbocycles. The number of aromatic nitrogens is 2. The van der Waals surface area contributed by atoms with Gasteiger partial charge in [-0.3, -0.25) is 4.79 Å². The average molecular weight is 243 g/mol. The highest BCUT2D eigenvalue weighted by Gasteiger charge is 2.20. The number of fused-ring (bicyclic) bond motifs is 1. The maximum atomic E-state index is 12.5. The van der Waals surface area contributed by atoms with Gasteiger partial charge in [0, 0.05) is 13.1 Å². The van der Waals surface area contributed by atoms with Gasteiger partial charge in [0.05, 0.1) is 11.1 Å². The molecule has 1 N–H and O–H groups in total. The van der Waals surface area contributed by atoms with E-state index in [1.807, 2.05) is 30.0 Å². The molecule has 3 rings (SSSR count). The van der Waals surface area contributed by atoms with Gasteiger partial charge in [0.1, 0.15) is 11.3 Å². The number of carbonyl (C=O) groups excluding carboxylic acids is 1. The van der Waals surface area contributed by atoms with Gasteiger partial charge in [-0.2, -0.15) is 0 Å². The third-order valence-corrected chi connectivity index (χ3v) is 3.50. The lowest BCUT2D eigenvalue weighted by atomic mass is 10.1. The number of nitrogens with one attached hydrogen (secondary N) is 1. The van der Waals surface area contributed by atoms with E-state index in [1.165, 1.54) is 6.42 Å². The van der Waals surface area contributed by atoms with Crippen molar-refractivity contribution in [2.45, 2.75) is 26.2 Å². The van der Waals surface area contributed by atoms with Crippen LogP contribution in [0.3, 0.4) is 0 Å². The number of rotatable bonds is 1. The molecule has 0 radical (unpaired) electrons. The molecule has 0 spiro atoms. The number of piperidine rings is 1. The lowest BCUT2D eigenvalue weighted by molar-refractivity contribution is 0.0726. The maximum Gasteiger partial charge on any atom is 0.256 e. The Bertz CT molecular complexity index is 582. The molecule has 18 heavy (non-hydrogen) atoms. The molecule has 94 valence electrons. The van der Waals surface area contributed by atoms with Crippen LogP contribution in [0.5, 0.6) is 0 Å². The summed E-state index contributed by atoms with van der Waals surface area (Å²) < 4.78 is 0. The highest BCUT2D eigenvalue weighted by atomic mass is 16.2. The lowest BCUT2D eigenvalue weighted by Gasteiger charge is -2.26. The third-order valence-electron chi connectivity index (χ3n) is 3.50. The normalized spacial score (nSPS) is 16.2. The second-order valence-corrected chi connectivity index (χ2v) is 4.88. The monoisotopic (exact) mass is 243 g/mol. The SMILES string of the molecule is Cc1nc2c(C(=O)N3CCCCC3)cccc2[nH]1. The van der Waals surface area contributed by atoms with Crippen molar-refractivity contribution in [1.82, 2.24) is 14.9 Å². The number of hydrogen-bond donors (Lipinski definition) is 1. The van der Waals surface area contributed by atoms with Gasteiger partial charge < -0.3 is 9.88 Å². The molecule has 2 heterocycles. The molecule has 0 bridgehead atoms. The first-order valence-corrected chi connectivity index (χ1v) is 6.50. The van der Waals surface area contributed by atoms with Gasteiger partial charge in [0.15, 0.2) is 0 Å². The zero-order valence-corrected chi connectivity index (χ0v) is 10.6. The van der Waals surface area contributed by atoms with Crippen molar-refractivity contribution >= 4 is 16.9 Å². The Morgan fingerprint density at radius 1 is 1.28 bits per heavy atom. The first kappa shape index (κ1) is 11.3. The number of aryl methyl sites for hydroxylation is 1. The number of H-pyrrole nitrogens is 1. The molecule has 1 aliphatic heterocycles. The summed E-state index contributed by atoms with van der Waals surface area (Å²) in [5.41, 5.74) is 2.46. The number of nitrogens with zero attached hydrogens (tertiary/aromatic N) is 2. The molecule has 1 saturated heterocycles. The van der Waals surface area contributed by atoms with Crippen LogP contribution < -0.4 is 0 Å². The van der Waals surface area contributed by atoms with Gasteiger partial charge in [-0.15, -0.1) is 0 Å². The Kier molecular flexibility index (Phi) is 2.78. The van der Waals surface area contributed by atoms with Crippen molar-refractivity contribution in [3.05, 3.63) is 29.6 Å². The van der Waals surface area contributed by atoms with E-state index in [-0.39, 0.29) is 5.91 Å². The Hall–Kier alpha value is -1.84. The highest BCUT2D eigenvalue weighted by molar-refractivity contribution is 6.04. The largest absolute Gasteiger partial charge is 0.342 e. The minimum Gasteiger partial charge on any atom is -0.342 e. The Morgan fingerprint density at radius 2 is 2.06 bits per heavy atom. The first-order chi connectivity index (χ1) is 8.75. The summed E-state index contributed by atoms with van der Waals surface area (Å²) in [6.07, 6.45) is 3.46. The molecule has 1 aromatic heterocycles. The van der Waals surface area contributed by atoms with Gasteiger partial charge in [0.25, 0.3) is 5.91 Å². The summed E-state index contributed by atoms with van der Waals surface area (Å²) in [6, 6.07) is 5.75. The summed E-state index contributed by atoms with van der Waals surface area (Å²) in [4.78, 5) is 22.0. The fourth-order valence-corrected chi connectivity index (χ4v) is 2.60. The van der Waals surface area contributed by atoms with Gasteiger partial charge >= 0.3 is 0 Å². The van der Waals surface area contributed by atoms with Crippen molar-refractivity contribution in [2.75, 3.05) is 13.1 Å². The van der Waals surface area contributed by atoms with E-state index in [2.05, 4.69) is 9.97 Å². The van der Waals surface area contributed by atoms with Gasteiger partial charge in [-0.25, -0.2) is 4.98 Å². The molecule has 1 amide bonds. The van der Waals surface area contributed by atoms with E-state index >= 15 is 0 Å². The van der Waals surface area contributed by atoms with E-state index in [0.717, 1.165) is 48.4 Å². The maximum absolute atomic E-state index is 12.5. The first-order valence-electron chi connectivity index (χ1n) is 6.50. The molecule has 1 aliphatic rings. The molecule has 1 fully saturated rings. The Balaban J connectivity index is 2.00. The number of hydrogen-bond acceptors (Lipinski definition) is 2. The number of para-hydroxylation sites is 1. The molecule has 4 heteroatoms. The molecule has 2 aromatic rings. The number of aromatic amines is 1. The standard InChI is InChI=1S/C14H17N3O/c1-10-15-12-7-5-6-11(13(12)16-10)14(18)17-8-3-2-4-9-17/h5-7H,2-4,8-9H2,1H3,(H,15,16). The smallest absolute Gasteiger partial charge is 0.256 e. The van der Waals surface area contributed by atoms with Crippen LogP contribution in [0.4, 0.5) is 0 Å². The molecule has 0 unspecified atom stereocenters. The van der Waals surface area contributed by atoms with Crippen LogP contribution in [0.15, 0.2) is 18.2 Å². The average Bonchev–Trinajstić information content (AvgIpc) is 2.79. The Labute approximate surface area is 106 Å². The summed E-state index contributed by atoms with van der Waals surface area (Å²) in [5, 5.41) is 0. The minimum absolute atomic E-state index is 0.117. The quantitative estimate of drug-likeness (QED) is 0.836. The lowest BCUT2D eigenvalue weighted by Crippen LogP contribution is -2.35. The molecule has 4 nitrogen and oxygen atoms in total. The van der Waals surface area contributed by atoms with Crippen LogP contribution in [-0.2, 0) is 0 Å². The summed E-state index contributed by atoms with van der Waals surface area (Å²) in [6.45, 7) is 3.66. The number of imidazole rings is 1. The second kappa shape index (κ2) is 4.44. The highest BCUT2D eigenvalue weighted by Crippen LogP contribution is 2.20. The fraction of sp³-hybridized carbons (Fsp3) is 0.429. The van der Waals surface area contributed by atoms with E-state index < -0.39 is 0 Å². The van der Waals surface area contributed by atoms with Gasteiger partial charge in [-0.1, -0.05) is 6.07 Å². The van der Waals surface area contributed by atoms with E-state index in [0.29, 0.717) is 0 Å². The molecule has 1 aromatic carbocycles. The fourth-order valence-electron chi connectivity index (χ4n) is 2.60. The number of carbonyl (C=O) groups is 1. The van der Waals surface area contributed by atoms with Gasteiger partial charge in [0.2, 0.25) is 0 Å². The van der Waals surface area contributed by atoms with Crippen LogP contribution in [0.2, 0.25) is 0 Å². The van der Waals surface area contributed by atoms with Gasteiger partial charge in [-0.05, 0) is 38.3 Å². The molecular weight excluding hydrogens is 226 g/mol. The number of likely N-dealkylation sites (tertiary alicyclic amines) is 1. The van der Waals surface area contributed by atoms with Crippen LogP contribution in [0.1, 0.15) is 35.4 Å². The number of amides is 1. The minimum atomic E-state index is 0.117. The topological polar surface area (TPSA) is 49.0 Å².